The topological polar surface area (TPSA) is 155 Å². The highest BCUT2D eigenvalue weighted by Crippen LogP contribution is 2.43. The summed E-state index contributed by atoms with van der Waals surface area (Å²) in [6, 6.07) is 0. The molecule has 0 heterocycles. The summed E-state index contributed by atoms with van der Waals surface area (Å²) in [5.74, 6) is -1.46. The van der Waals surface area contributed by atoms with Gasteiger partial charge in [0.2, 0.25) is 0 Å². The maximum Gasteiger partial charge on any atom is 0.472 e. The largest absolute Gasteiger partial charge is 0.472 e. The van der Waals surface area contributed by atoms with Crippen LogP contribution < -0.4 is 0 Å². The first-order valence-corrected chi connectivity index (χ1v) is 29.7. The van der Waals surface area contributed by atoms with Crippen LogP contribution in [0.1, 0.15) is 278 Å². The molecule has 0 rings (SSSR count). The molecule has 2 N–H and O–H groups in total. The standard InChI is InChI=1S/C56H105O11P/c1-4-7-10-13-16-19-22-25-26-29-32-35-38-41-44-47-56(60)67-53(49-63-54(58)45-42-39-36-33-30-27-23-20-17-14-11-8-5-2)51-65-68(61,62)64-50-52(48-57)66-55(59)46-43-40-37-34-31-28-24-21-18-15-12-9-6-3/h16,19,25-26,52-53,57H,4-15,17-18,20-24,27-51H2,1-3H3,(H,61,62)/b19-16-,26-25-. The van der Waals surface area contributed by atoms with Crippen LogP contribution in [0.4, 0.5) is 0 Å². The van der Waals surface area contributed by atoms with Crippen molar-refractivity contribution >= 4 is 25.7 Å². The zero-order valence-corrected chi connectivity index (χ0v) is 45.0. The van der Waals surface area contributed by atoms with Crippen molar-refractivity contribution < 1.29 is 52.2 Å². The second-order valence-corrected chi connectivity index (χ2v) is 20.6. The minimum Gasteiger partial charge on any atom is -0.462 e. The van der Waals surface area contributed by atoms with Gasteiger partial charge in [-0.2, -0.15) is 0 Å². The van der Waals surface area contributed by atoms with E-state index in [4.69, 9.17) is 23.3 Å². The highest BCUT2D eigenvalue weighted by molar-refractivity contribution is 7.47. The van der Waals surface area contributed by atoms with Crippen LogP contribution in [0.15, 0.2) is 24.3 Å². The zero-order chi connectivity index (χ0) is 49.9. The highest BCUT2D eigenvalue weighted by atomic mass is 31.2. The Balaban J connectivity index is 4.71. The smallest absolute Gasteiger partial charge is 0.462 e. The van der Waals surface area contributed by atoms with E-state index in [2.05, 4.69) is 45.1 Å². The molecule has 0 spiro atoms. The predicted octanol–water partition coefficient (Wildman–Crippen LogP) is 16.3. The number of phosphoric acid groups is 1. The number of ether oxygens (including phenoxy) is 3. The summed E-state index contributed by atoms with van der Waals surface area (Å²) in [7, 11) is -4.74. The van der Waals surface area contributed by atoms with Crippen LogP contribution >= 0.6 is 7.82 Å². The Labute approximate surface area is 417 Å². The third-order valence-corrected chi connectivity index (χ3v) is 13.3. The zero-order valence-electron chi connectivity index (χ0n) is 44.1. The minimum absolute atomic E-state index is 0.157. The molecule has 3 atom stereocenters. The Morgan fingerprint density at radius 1 is 0.412 bits per heavy atom. The van der Waals surface area contributed by atoms with Gasteiger partial charge < -0.3 is 24.2 Å². The molecule has 11 nitrogen and oxygen atoms in total. The minimum atomic E-state index is -4.74. The van der Waals surface area contributed by atoms with Gasteiger partial charge in [-0.05, 0) is 51.4 Å². The van der Waals surface area contributed by atoms with Gasteiger partial charge in [0.05, 0.1) is 19.8 Å². The molecular weight excluding hydrogens is 880 g/mol. The number of phosphoric ester groups is 1. The molecule has 400 valence electrons. The lowest BCUT2D eigenvalue weighted by molar-refractivity contribution is -0.161. The van der Waals surface area contributed by atoms with Crippen LogP contribution in [-0.4, -0.2) is 66.5 Å². The molecule has 0 amide bonds. The van der Waals surface area contributed by atoms with Gasteiger partial charge in [-0.1, -0.05) is 231 Å². The van der Waals surface area contributed by atoms with Crippen molar-refractivity contribution in [2.45, 2.75) is 290 Å². The Morgan fingerprint density at radius 2 is 0.721 bits per heavy atom. The third-order valence-electron chi connectivity index (χ3n) is 12.4. The van der Waals surface area contributed by atoms with Gasteiger partial charge in [0, 0.05) is 19.3 Å². The van der Waals surface area contributed by atoms with Gasteiger partial charge in [-0.3, -0.25) is 23.4 Å². The monoisotopic (exact) mass is 985 g/mol. The van der Waals surface area contributed by atoms with E-state index in [-0.39, 0.29) is 25.9 Å². The van der Waals surface area contributed by atoms with Crippen LogP contribution in [0.25, 0.3) is 0 Å². The van der Waals surface area contributed by atoms with E-state index >= 15 is 0 Å². The number of allylic oxidation sites excluding steroid dienone is 4. The molecule has 0 aromatic rings. The lowest BCUT2D eigenvalue weighted by Gasteiger charge is -2.21. The van der Waals surface area contributed by atoms with E-state index in [1.54, 1.807) is 0 Å². The first-order chi connectivity index (χ1) is 33.2. The van der Waals surface area contributed by atoms with Gasteiger partial charge in [0.15, 0.2) is 6.10 Å². The maximum absolute atomic E-state index is 12.9. The first kappa shape index (κ1) is 66.0. The number of aliphatic hydroxyl groups excluding tert-OH is 1. The molecule has 0 bridgehead atoms. The van der Waals surface area contributed by atoms with Crippen molar-refractivity contribution in [1.82, 2.24) is 0 Å². The summed E-state index contributed by atoms with van der Waals surface area (Å²) in [5.41, 5.74) is 0. The van der Waals surface area contributed by atoms with E-state index in [1.165, 1.54) is 135 Å². The molecule has 0 fully saturated rings. The average Bonchev–Trinajstić information content (AvgIpc) is 3.32. The molecule has 0 aliphatic heterocycles. The lowest BCUT2D eigenvalue weighted by atomic mass is 10.0. The summed E-state index contributed by atoms with van der Waals surface area (Å²) in [5, 5.41) is 9.79. The molecule has 0 aliphatic carbocycles. The van der Waals surface area contributed by atoms with Crippen molar-refractivity contribution in [3.05, 3.63) is 24.3 Å². The van der Waals surface area contributed by atoms with Crippen molar-refractivity contribution in [3.63, 3.8) is 0 Å². The van der Waals surface area contributed by atoms with Crippen LogP contribution in [0.3, 0.4) is 0 Å². The molecule has 0 aromatic carbocycles. The number of hydrogen-bond donors (Lipinski definition) is 2. The SMILES string of the molecule is CCCCC/C=C\C/C=C\CCCCCCCC(=O)OC(COC(=O)CCCCCCCCCCCCCCC)COP(=O)(O)OCC(CO)OC(=O)CCCCCCCCCCCCCCC. The maximum atomic E-state index is 12.9. The summed E-state index contributed by atoms with van der Waals surface area (Å²) >= 11 is 0. The third kappa shape index (κ3) is 49.0. The van der Waals surface area contributed by atoms with Gasteiger partial charge in [0.25, 0.3) is 0 Å². The number of carbonyl (C=O) groups is 3. The van der Waals surface area contributed by atoms with E-state index in [9.17, 15) is 28.9 Å². The first-order valence-electron chi connectivity index (χ1n) is 28.2. The predicted molar refractivity (Wildman–Crippen MR) is 280 cm³/mol. The van der Waals surface area contributed by atoms with Gasteiger partial charge >= 0.3 is 25.7 Å². The number of aliphatic hydroxyl groups is 1. The van der Waals surface area contributed by atoms with E-state index in [0.717, 1.165) is 83.5 Å². The van der Waals surface area contributed by atoms with Crippen molar-refractivity contribution in [1.29, 1.82) is 0 Å². The molecule has 0 saturated heterocycles. The van der Waals surface area contributed by atoms with Gasteiger partial charge in [-0.25, -0.2) is 4.57 Å². The number of unbranched alkanes of at least 4 members (excludes halogenated alkanes) is 32. The van der Waals surface area contributed by atoms with Crippen molar-refractivity contribution in [3.8, 4) is 0 Å². The molecule has 0 radical (unpaired) electrons. The van der Waals surface area contributed by atoms with Crippen LogP contribution in [0.2, 0.25) is 0 Å². The molecular formula is C56H105O11P. The van der Waals surface area contributed by atoms with Crippen LogP contribution in [-0.2, 0) is 42.2 Å². The molecule has 12 heteroatoms. The summed E-state index contributed by atoms with van der Waals surface area (Å²) in [4.78, 5) is 48.4. The fraction of sp³-hybridized carbons (Fsp3) is 0.875. The van der Waals surface area contributed by atoms with Gasteiger partial charge in [-0.15, -0.1) is 0 Å². The molecule has 0 aromatic heterocycles. The quantitative estimate of drug-likeness (QED) is 0.0197. The number of carbonyl (C=O) groups excluding carboxylic acids is 3. The fourth-order valence-corrected chi connectivity index (χ4v) is 8.82. The van der Waals surface area contributed by atoms with E-state index in [1.807, 2.05) is 0 Å². The van der Waals surface area contributed by atoms with Crippen molar-refractivity contribution in [2.75, 3.05) is 26.4 Å². The molecule has 68 heavy (non-hydrogen) atoms. The fourth-order valence-electron chi connectivity index (χ4n) is 8.03. The second-order valence-electron chi connectivity index (χ2n) is 19.1. The Bertz CT molecular complexity index is 1240. The van der Waals surface area contributed by atoms with E-state index in [0.29, 0.717) is 19.3 Å². The number of esters is 3. The average molecular weight is 985 g/mol. The van der Waals surface area contributed by atoms with Crippen LogP contribution in [0.5, 0.6) is 0 Å². The normalized spacial score (nSPS) is 13.5. The lowest BCUT2D eigenvalue weighted by Crippen LogP contribution is -2.30. The van der Waals surface area contributed by atoms with Gasteiger partial charge in [0.1, 0.15) is 12.7 Å². The van der Waals surface area contributed by atoms with Crippen molar-refractivity contribution in [2.24, 2.45) is 0 Å². The van der Waals surface area contributed by atoms with E-state index < -0.39 is 57.8 Å². The number of hydrogen-bond acceptors (Lipinski definition) is 10. The summed E-state index contributed by atoms with van der Waals surface area (Å²) in [6.07, 6.45) is 49.9. The second kappa shape index (κ2) is 51.3. The highest BCUT2D eigenvalue weighted by Gasteiger charge is 2.28. The molecule has 3 unspecified atom stereocenters. The Kier molecular flexibility index (Phi) is 49.8. The molecule has 0 aliphatic rings. The Morgan fingerprint density at radius 3 is 1.12 bits per heavy atom. The molecule has 0 saturated carbocycles. The van der Waals surface area contributed by atoms with Crippen LogP contribution in [0, 0.1) is 0 Å². The number of rotatable bonds is 53. The summed E-state index contributed by atoms with van der Waals surface area (Å²) in [6.45, 7) is 4.64. The summed E-state index contributed by atoms with van der Waals surface area (Å²) < 4.78 is 39.5. The Hall–Kier alpha value is -2.04.